The Hall–Kier alpha value is -0.500. The van der Waals surface area contributed by atoms with Crippen LogP contribution in [0.3, 0.4) is 0 Å². The van der Waals surface area contributed by atoms with Crippen molar-refractivity contribution in [2.75, 3.05) is 0 Å². The Labute approximate surface area is 90.3 Å². The number of hydrogen-bond acceptors (Lipinski definition) is 1. The van der Waals surface area contributed by atoms with Gasteiger partial charge in [-0.1, -0.05) is 19.3 Å². The second-order valence-corrected chi connectivity index (χ2v) is 4.74. The van der Waals surface area contributed by atoms with Crippen LogP contribution < -0.4 is 0 Å². The molecule has 2 atom stereocenters. The van der Waals surface area contributed by atoms with Crippen LogP contribution in [0.25, 0.3) is 0 Å². The van der Waals surface area contributed by atoms with Crippen LogP contribution in [0.4, 0.5) is 0 Å². The summed E-state index contributed by atoms with van der Waals surface area (Å²) in [4.78, 5) is 0. The lowest BCUT2D eigenvalue weighted by atomic mass is 9.96. The first-order valence-corrected chi connectivity index (χ1v) is 5.84. The summed E-state index contributed by atoms with van der Waals surface area (Å²) in [6.07, 6.45) is 8.24. The SMILES string of the molecule is Cn1ccc(C2CCCCCC2Cl)n1. The molecule has 2 unspecified atom stereocenters. The van der Waals surface area contributed by atoms with Gasteiger partial charge in [-0.05, 0) is 18.9 Å². The molecular weight excluding hydrogens is 196 g/mol. The highest BCUT2D eigenvalue weighted by Gasteiger charge is 2.24. The summed E-state index contributed by atoms with van der Waals surface area (Å²) >= 11 is 6.38. The van der Waals surface area contributed by atoms with E-state index >= 15 is 0 Å². The minimum absolute atomic E-state index is 0.285. The molecule has 0 spiro atoms. The van der Waals surface area contributed by atoms with Gasteiger partial charge in [0.1, 0.15) is 0 Å². The van der Waals surface area contributed by atoms with Gasteiger partial charge in [-0.2, -0.15) is 5.10 Å². The first kappa shape index (κ1) is 10.0. The Morgan fingerprint density at radius 3 is 2.86 bits per heavy atom. The first-order chi connectivity index (χ1) is 6.77. The number of hydrogen-bond donors (Lipinski definition) is 0. The van der Waals surface area contributed by atoms with Gasteiger partial charge < -0.3 is 0 Å². The molecule has 0 radical (unpaired) electrons. The Morgan fingerprint density at radius 2 is 2.14 bits per heavy atom. The van der Waals surface area contributed by atoms with E-state index in [0.29, 0.717) is 5.92 Å². The number of alkyl halides is 1. The van der Waals surface area contributed by atoms with E-state index in [1.165, 1.54) is 31.4 Å². The van der Waals surface area contributed by atoms with Crippen LogP contribution in [0.2, 0.25) is 0 Å². The van der Waals surface area contributed by atoms with Gasteiger partial charge in [0.15, 0.2) is 0 Å². The normalized spacial score (nSPS) is 28.7. The minimum atomic E-state index is 0.285. The zero-order valence-corrected chi connectivity index (χ0v) is 9.37. The maximum absolute atomic E-state index is 6.38. The predicted molar refractivity (Wildman–Crippen MR) is 58.7 cm³/mol. The van der Waals surface area contributed by atoms with E-state index in [0.717, 1.165) is 6.42 Å². The van der Waals surface area contributed by atoms with E-state index in [1.807, 2.05) is 17.9 Å². The highest BCUT2D eigenvalue weighted by atomic mass is 35.5. The second kappa shape index (κ2) is 4.35. The van der Waals surface area contributed by atoms with E-state index < -0.39 is 0 Å². The number of nitrogens with zero attached hydrogens (tertiary/aromatic N) is 2. The zero-order chi connectivity index (χ0) is 9.97. The summed E-state index contributed by atoms with van der Waals surface area (Å²) in [6, 6.07) is 2.10. The van der Waals surface area contributed by atoms with Crippen LogP contribution in [0.1, 0.15) is 43.7 Å². The van der Waals surface area contributed by atoms with E-state index in [4.69, 9.17) is 11.6 Å². The predicted octanol–water partition coefficient (Wildman–Crippen LogP) is 3.08. The Balaban J connectivity index is 2.14. The standard InChI is InChI=1S/C11H17ClN2/c1-14-8-7-11(13-14)9-5-3-2-4-6-10(9)12/h7-10H,2-6H2,1H3. The molecule has 2 nitrogen and oxygen atoms in total. The second-order valence-electron chi connectivity index (χ2n) is 4.17. The highest BCUT2D eigenvalue weighted by Crippen LogP contribution is 2.34. The summed E-state index contributed by atoms with van der Waals surface area (Å²) < 4.78 is 1.86. The van der Waals surface area contributed by atoms with Gasteiger partial charge in [0.25, 0.3) is 0 Å². The third kappa shape index (κ3) is 2.11. The molecular formula is C11H17ClN2. The lowest BCUT2D eigenvalue weighted by Crippen LogP contribution is -2.12. The average molecular weight is 213 g/mol. The molecule has 1 saturated carbocycles. The van der Waals surface area contributed by atoms with Crippen LogP contribution in [-0.2, 0) is 7.05 Å². The Bertz CT molecular complexity index is 295. The fourth-order valence-electron chi connectivity index (χ4n) is 2.23. The molecule has 0 bridgehead atoms. The van der Waals surface area contributed by atoms with Crippen LogP contribution in [0.15, 0.2) is 12.3 Å². The van der Waals surface area contributed by atoms with Crippen molar-refractivity contribution < 1.29 is 0 Å². The van der Waals surface area contributed by atoms with Crippen molar-refractivity contribution >= 4 is 11.6 Å². The third-order valence-corrected chi connectivity index (χ3v) is 3.57. The summed E-state index contributed by atoms with van der Waals surface area (Å²) in [5, 5.41) is 4.74. The van der Waals surface area contributed by atoms with Crippen molar-refractivity contribution in [1.29, 1.82) is 0 Å². The fraction of sp³-hybridized carbons (Fsp3) is 0.727. The number of rotatable bonds is 1. The van der Waals surface area contributed by atoms with Crippen LogP contribution in [0.5, 0.6) is 0 Å². The summed E-state index contributed by atoms with van der Waals surface area (Å²) in [5.74, 6) is 0.473. The largest absolute Gasteiger partial charge is 0.276 e. The monoisotopic (exact) mass is 212 g/mol. The maximum Gasteiger partial charge on any atom is 0.0670 e. The van der Waals surface area contributed by atoms with E-state index in [1.54, 1.807) is 0 Å². The summed E-state index contributed by atoms with van der Waals surface area (Å²) in [6.45, 7) is 0. The zero-order valence-electron chi connectivity index (χ0n) is 8.62. The van der Waals surface area contributed by atoms with Crippen LogP contribution >= 0.6 is 11.6 Å². The molecule has 2 rings (SSSR count). The van der Waals surface area contributed by atoms with Crippen molar-refractivity contribution in [2.24, 2.45) is 7.05 Å². The molecule has 1 heterocycles. The third-order valence-electron chi connectivity index (χ3n) is 3.05. The van der Waals surface area contributed by atoms with Gasteiger partial charge in [-0.3, -0.25) is 4.68 Å². The molecule has 0 amide bonds. The highest BCUT2D eigenvalue weighted by molar-refractivity contribution is 6.21. The Kier molecular flexibility index (Phi) is 3.12. The average Bonchev–Trinajstić information content (AvgIpc) is 2.46. The number of halogens is 1. The molecule has 14 heavy (non-hydrogen) atoms. The molecule has 0 aliphatic heterocycles. The van der Waals surface area contributed by atoms with Crippen LogP contribution in [0, 0.1) is 0 Å². The van der Waals surface area contributed by atoms with Crippen molar-refractivity contribution in [1.82, 2.24) is 9.78 Å². The molecule has 1 fully saturated rings. The molecule has 1 aromatic heterocycles. The van der Waals surface area contributed by atoms with Crippen LogP contribution in [-0.4, -0.2) is 15.2 Å². The molecule has 1 aliphatic rings. The van der Waals surface area contributed by atoms with Crippen molar-refractivity contribution in [3.63, 3.8) is 0 Å². The van der Waals surface area contributed by atoms with Crippen molar-refractivity contribution in [3.05, 3.63) is 18.0 Å². The van der Waals surface area contributed by atoms with Gasteiger partial charge in [-0.25, -0.2) is 0 Å². The molecule has 0 N–H and O–H groups in total. The first-order valence-electron chi connectivity index (χ1n) is 5.41. The number of aryl methyl sites for hydroxylation is 1. The summed E-state index contributed by atoms with van der Waals surface area (Å²) in [7, 11) is 1.96. The number of aromatic nitrogens is 2. The topological polar surface area (TPSA) is 17.8 Å². The quantitative estimate of drug-likeness (QED) is 0.517. The lowest BCUT2D eigenvalue weighted by molar-refractivity contribution is 0.572. The molecule has 0 saturated heterocycles. The van der Waals surface area contributed by atoms with E-state index in [-0.39, 0.29) is 5.38 Å². The molecule has 1 aliphatic carbocycles. The van der Waals surface area contributed by atoms with Crippen molar-refractivity contribution in [2.45, 2.75) is 43.4 Å². The fourth-order valence-corrected chi connectivity index (χ4v) is 2.64. The van der Waals surface area contributed by atoms with E-state index in [2.05, 4.69) is 11.2 Å². The minimum Gasteiger partial charge on any atom is -0.276 e. The molecule has 1 aromatic rings. The van der Waals surface area contributed by atoms with Gasteiger partial charge in [0.2, 0.25) is 0 Å². The van der Waals surface area contributed by atoms with Gasteiger partial charge in [0, 0.05) is 24.5 Å². The molecule has 3 heteroatoms. The summed E-state index contributed by atoms with van der Waals surface area (Å²) in [5.41, 5.74) is 1.18. The van der Waals surface area contributed by atoms with Crippen molar-refractivity contribution in [3.8, 4) is 0 Å². The molecule has 0 aromatic carbocycles. The smallest absolute Gasteiger partial charge is 0.0670 e. The van der Waals surface area contributed by atoms with Gasteiger partial charge in [-0.15, -0.1) is 11.6 Å². The lowest BCUT2D eigenvalue weighted by Gasteiger charge is -2.16. The van der Waals surface area contributed by atoms with Gasteiger partial charge >= 0.3 is 0 Å². The maximum atomic E-state index is 6.38. The Morgan fingerprint density at radius 1 is 1.36 bits per heavy atom. The van der Waals surface area contributed by atoms with Gasteiger partial charge in [0.05, 0.1) is 5.69 Å². The molecule has 78 valence electrons. The van der Waals surface area contributed by atoms with E-state index in [9.17, 15) is 0 Å².